The van der Waals surface area contributed by atoms with E-state index in [4.69, 9.17) is 4.74 Å². The number of hydrogen-bond donors (Lipinski definition) is 0. The minimum atomic E-state index is 0.296. The highest BCUT2D eigenvalue weighted by molar-refractivity contribution is 7.13. The molecule has 0 aliphatic heterocycles. The minimum Gasteiger partial charge on any atom is -0.493 e. The molecule has 0 unspecified atom stereocenters. The molecule has 0 N–H and O–H groups in total. The molecule has 0 aliphatic carbocycles. The van der Waals surface area contributed by atoms with Crippen LogP contribution in [0.5, 0.6) is 5.75 Å². The van der Waals surface area contributed by atoms with Crippen molar-refractivity contribution in [3.8, 4) is 10.9 Å². The van der Waals surface area contributed by atoms with Crippen molar-refractivity contribution < 1.29 is 9.53 Å². The van der Waals surface area contributed by atoms with Crippen LogP contribution in [-0.4, -0.2) is 38.1 Å². The molecule has 7 nitrogen and oxygen atoms in total. The summed E-state index contributed by atoms with van der Waals surface area (Å²) in [7, 11) is 0. The lowest BCUT2D eigenvalue weighted by Crippen LogP contribution is -2.09. The largest absolute Gasteiger partial charge is 0.493 e. The predicted molar refractivity (Wildman–Crippen MR) is 80.6 cm³/mol. The van der Waals surface area contributed by atoms with Crippen LogP contribution in [0.2, 0.25) is 0 Å². The molecule has 1 aromatic carbocycles. The lowest BCUT2D eigenvalue weighted by Gasteiger charge is -2.06. The van der Waals surface area contributed by atoms with Gasteiger partial charge in [-0.25, -0.2) is 0 Å². The Morgan fingerprint density at radius 1 is 1.23 bits per heavy atom. The summed E-state index contributed by atoms with van der Waals surface area (Å²) in [4.78, 5) is 11.1. The summed E-state index contributed by atoms with van der Waals surface area (Å²) in [5.74, 6) is 0.779. The van der Waals surface area contributed by atoms with Crippen LogP contribution >= 0.6 is 11.3 Å². The van der Waals surface area contributed by atoms with Gasteiger partial charge in [0.15, 0.2) is 6.29 Å². The Bertz CT molecular complexity index is 769. The normalized spacial score (nSPS) is 10.6. The van der Waals surface area contributed by atoms with Gasteiger partial charge in [-0.2, -0.15) is 4.68 Å². The van der Waals surface area contributed by atoms with Crippen molar-refractivity contribution in [2.45, 2.75) is 13.3 Å². The molecule has 8 heteroatoms. The molecule has 0 saturated carbocycles. The number of hydrogen-bond acceptors (Lipinski definition) is 7. The number of para-hydroxylation sites is 1. The van der Waals surface area contributed by atoms with Gasteiger partial charge in [-0.15, -0.1) is 15.3 Å². The van der Waals surface area contributed by atoms with E-state index < -0.39 is 0 Å². The zero-order valence-corrected chi connectivity index (χ0v) is 12.7. The second kappa shape index (κ2) is 6.44. The highest BCUT2D eigenvalue weighted by atomic mass is 32.1. The first-order chi connectivity index (χ1) is 10.8. The molecule has 3 aromatic rings. The number of aromatic nitrogens is 5. The minimum absolute atomic E-state index is 0.296. The summed E-state index contributed by atoms with van der Waals surface area (Å²) >= 11 is 1.39. The average molecular weight is 315 g/mol. The van der Waals surface area contributed by atoms with Gasteiger partial charge in [0.05, 0.1) is 12.3 Å². The molecule has 0 aliphatic rings. The first kappa shape index (κ1) is 14.3. The van der Waals surface area contributed by atoms with E-state index in [2.05, 4.69) is 20.5 Å². The van der Waals surface area contributed by atoms with Crippen molar-refractivity contribution in [1.29, 1.82) is 0 Å². The molecule has 3 rings (SSSR count). The van der Waals surface area contributed by atoms with Crippen molar-refractivity contribution in [2.24, 2.45) is 0 Å². The molecule has 0 amide bonds. The van der Waals surface area contributed by atoms with Gasteiger partial charge in [0.1, 0.15) is 16.5 Å². The SMILES string of the molecule is Cc1nnc(-n2nnc(C=O)c2CCOc2ccccc2)s1. The van der Waals surface area contributed by atoms with Crippen molar-refractivity contribution in [2.75, 3.05) is 6.61 Å². The van der Waals surface area contributed by atoms with Gasteiger partial charge >= 0.3 is 0 Å². The van der Waals surface area contributed by atoms with E-state index >= 15 is 0 Å². The number of benzene rings is 1. The number of aldehydes is 1. The molecular weight excluding hydrogens is 302 g/mol. The third-order valence-corrected chi connectivity index (χ3v) is 3.77. The molecule has 0 bridgehead atoms. The maximum Gasteiger partial charge on any atom is 0.234 e. The summed E-state index contributed by atoms with van der Waals surface area (Å²) < 4.78 is 7.20. The molecule has 0 fully saturated rings. The molecule has 0 radical (unpaired) electrons. The molecule has 112 valence electrons. The van der Waals surface area contributed by atoms with Crippen LogP contribution in [0, 0.1) is 6.92 Å². The monoisotopic (exact) mass is 315 g/mol. The maximum absolute atomic E-state index is 11.1. The van der Waals surface area contributed by atoms with Crippen LogP contribution in [0.25, 0.3) is 5.13 Å². The van der Waals surface area contributed by atoms with E-state index in [-0.39, 0.29) is 0 Å². The highest BCUT2D eigenvalue weighted by Crippen LogP contribution is 2.17. The van der Waals surface area contributed by atoms with Crippen LogP contribution in [0.1, 0.15) is 21.2 Å². The number of carbonyl (C=O) groups is 1. The van der Waals surface area contributed by atoms with E-state index in [1.54, 1.807) is 4.68 Å². The first-order valence-electron chi connectivity index (χ1n) is 6.66. The molecular formula is C14H13N5O2S. The first-order valence-corrected chi connectivity index (χ1v) is 7.47. The topological polar surface area (TPSA) is 82.8 Å². The quantitative estimate of drug-likeness (QED) is 0.646. The number of nitrogens with zero attached hydrogens (tertiary/aromatic N) is 5. The smallest absolute Gasteiger partial charge is 0.234 e. The van der Waals surface area contributed by atoms with Crippen molar-refractivity contribution >= 4 is 17.6 Å². The summed E-state index contributed by atoms with van der Waals surface area (Å²) in [6.07, 6.45) is 1.18. The van der Waals surface area contributed by atoms with Gasteiger partial charge < -0.3 is 4.74 Å². The zero-order valence-electron chi connectivity index (χ0n) is 11.8. The second-order valence-electron chi connectivity index (χ2n) is 4.47. The van der Waals surface area contributed by atoms with Gasteiger partial charge in [-0.05, 0) is 19.1 Å². The Labute approximate surface area is 130 Å². The van der Waals surface area contributed by atoms with Crippen molar-refractivity contribution in [3.05, 3.63) is 46.7 Å². The van der Waals surface area contributed by atoms with Crippen molar-refractivity contribution in [3.63, 3.8) is 0 Å². The Morgan fingerprint density at radius 2 is 2.05 bits per heavy atom. The zero-order chi connectivity index (χ0) is 15.4. The fourth-order valence-corrected chi connectivity index (χ4v) is 2.61. The summed E-state index contributed by atoms with van der Waals surface area (Å²) in [5, 5.41) is 17.3. The van der Waals surface area contributed by atoms with E-state index in [0.29, 0.717) is 35.8 Å². The number of ether oxygens (including phenoxy) is 1. The summed E-state index contributed by atoms with van der Waals surface area (Å²) in [5.41, 5.74) is 0.964. The van der Waals surface area contributed by atoms with E-state index in [1.807, 2.05) is 37.3 Å². The van der Waals surface area contributed by atoms with Gasteiger partial charge in [0.2, 0.25) is 5.13 Å². The van der Waals surface area contributed by atoms with Gasteiger partial charge in [0, 0.05) is 6.42 Å². The molecule has 22 heavy (non-hydrogen) atoms. The third-order valence-electron chi connectivity index (χ3n) is 2.95. The molecule has 2 aromatic heterocycles. The number of aryl methyl sites for hydroxylation is 1. The van der Waals surface area contributed by atoms with Crippen LogP contribution < -0.4 is 4.74 Å². The predicted octanol–water partition coefficient (Wildman–Crippen LogP) is 1.86. The Kier molecular flexibility index (Phi) is 4.19. The number of rotatable bonds is 6. The standard InChI is InChI=1S/C14H13N5O2S/c1-10-15-17-14(22-10)19-13(12(9-20)16-18-19)7-8-21-11-5-3-2-4-6-11/h2-6,9H,7-8H2,1H3. The average Bonchev–Trinajstić information content (AvgIpc) is 3.14. The van der Waals surface area contributed by atoms with E-state index in [0.717, 1.165) is 10.8 Å². The van der Waals surface area contributed by atoms with Crippen LogP contribution in [0.4, 0.5) is 0 Å². The van der Waals surface area contributed by atoms with Gasteiger partial charge in [0.25, 0.3) is 0 Å². The van der Waals surface area contributed by atoms with Crippen LogP contribution in [0.15, 0.2) is 30.3 Å². The van der Waals surface area contributed by atoms with Gasteiger partial charge in [-0.1, -0.05) is 34.7 Å². The fraction of sp³-hybridized carbons (Fsp3) is 0.214. The van der Waals surface area contributed by atoms with Gasteiger partial charge in [-0.3, -0.25) is 4.79 Å². The molecule has 0 saturated heterocycles. The maximum atomic E-state index is 11.1. The van der Waals surface area contributed by atoms with Crippen LogP contribution in [0.3, 0.4) is 0 Å². The molecule has 2 heterocycles. The van der Waals surface area contributed by atoms with Crippen molar-refractivity contribution in [1.82, 2.24) is 25.2 Å². The summed E-state index contributed by atoms with van der Waals surface area (Å²) in [6.45, 7) is 2.27. The van der Waals surface area contributed by atoms with E-state index in [1.165, 1.54) is 11.3 Å². The summed E-state index contributed by atoms with van der Waals surface area (Å²) in [6, 6.07) is 9.49. The Morgan fingerprint density at radius 3 is 2.73 bits per heavy atom. The number of carbonyl (C=O) groups excluding carboxylic acids is 1. The highest BCUT2D eigenvalue weighted by Gasteiger charge is 2.16. The lowest BCUT2D eigenvalue weighted by molar-refractivity contribution is 0.111. The molecule has 0 atom stereocenters. The van der Waals surface area contributed by atoms with Crippen LogP contribution in [-0.2, 0) is 6.42 Å². The molecule has 0 spiro atoms. The third kappa shape index (κ3) is 3.01. The Balaban J connectivity index is 1.77. The lowest BCUT2D eigenvalue weighted by atomic mass is 10.2. The second-order valence-corrected chi connectivity index (χ2v) is 5.63. The Hall–Kier alpha value is -2.61. The fourth-order valence-electron chi connectivity index (χ4n) is 1.95. The van der Waals surface area contributed by atoms with E-state index in [9.17, 15) is 4.79 Å².